The second kappa shape index (κ2) is 6.45. The van der Waals surface area contributed by atoms with Crippen LogP contribution in [0.3, 0.4) is 0 Å². The number of hydrogen-bond acceptors (Lipinski definition) is 3. The van der Waals surface area contributed by atoms with E-state index >= 15 is 0 Å². The lowest BCUT2D eigenvalue weighted by atomic mass is 10.1. The summed E-state index contributed by atoms with van der Waals surface area (Å²) >= 11 is 4.92. The fourth-order valence-corrected chi connectivity index (χ4v) is 2.90. The normalized spacial score (nSPS) is 13.5. The molecule has 4 heteroatoms. The van der Waals surface area contributed by atoms with E-state index in [2.05, 4.69) is 27.8 Å². The molecule has 0 amide bonds. The number of rotatable bonds is 5. The fraction of sp³-hybridized carbons (Fsp3) is 0.538. The van der Waals surface area contributed by atoms with Crippen molar-refractivity contribution in [3.63, 3.8) is 0 Å². The molecule has 17 heavy (non-hydrogen) atoms. The van der Waals surface area contributed by atoms with Gasteiger partial charge in [0.1, 0.15) is 0 Å². The van der Waals surface area contributed by atoms with Gasteiger partial charge < -0.3 is 0 Å². The zero-order valence-electron chi connectivity index (χ0n) is 10.7. The van der Waals surface area contributed by atoms with Crippen LogP contribution in [-0.2, 0) is 6.42 Å². The molecule has 1 rings (SSSR count). The van der Waals surface area contributed by atoms with E-state index < -0.39 is 0 Å². The lowest BCUT2D eigenvalue weighted by molar-refractivity contribution is 0.0977. The van der Waals surface area contributed by atoms with Gasteiger partial charge in [-0.15, -0.1) is 11.3 Å². The number of aryl methyl sites for hydroxylation is 1. The van der Waals surface area contributed by atoms with Crippen molar-refractivity contribution in [2.24, 2.45) is 5.92 Å². The molecule has 1 unspecified atom stereocenters. The van der Waals surface area contributed by atoms with E-state index in [-0.39, 0.29) is 16.5 Å². The monoisotopic (exact) mass is 315 g/mol. The lowest BCUT2D eigenvalue weighted by Gasteiger charge is -2.09. The molecule has 0 aliphatic heterocycles. The third-order valence-corrected chi connectivity index (χ3v) is 4.98. The van der Waals surface area contributed by atoms with E-state index in [4.69, 9.17) is 0 Å². The van der Waals surface area contributed by atoms with Crippen LogP contribution in [0.4, 0.5) is 0 Å². The summed E-state index contributed by atoms with van der Waals surface area (Å²) in [4.78, 5) is 17.5. The van der Waals surface area contributed by atoms with Crippen LogP contribution in [0.1, 0.15) is 48.1 Å². The number of Topliss-reactive ketones (excluding diaryl/α,β-unsaturated/α-hetero) is 1. The standard InChI is InChI=1S/C13H18BrNOS/c1-5-7-10-9(6-2)15-13(17-10)12(16)11(14)8(3)4/h5,7-8,11H,6H2,1-4H3/b7-5-. The molecule has 0 fully saturated rings. The molecule has 0 spiro atoms. The Labute approximate surface area is 115 Å². The topological polar surface area (TPSA) is 30.0 Å². The SMILES string of the molecule is C/C=C\c1sc(C(=O)C(Br)C(C)C)nc1CC. The molecular formula is C13H18BrNOS. The van der Waals surface area contributed by atoms with E-state index in [0.717, 1.165) is 17.0 Å². The number of carbonyl (C=O) groups excluding carboxylic acids is 1. The molecule has 1 heterocycles. The summed E-state index contributed by atoms with van der Waals surface area (Å²) in [5.74, 6) is 0.372. The number of nitrogens with zero attached hydrogens (tertiary/aromatic N) is 1. The third kappa shape index (κ3) is 3.49. The molecule has 2 nitrogen and oxygen atoms in total. The largest absolute Gasteiger partial charge is 0.290 e. The van der Waals surface area contributed by atoms with Crippen molar-refractivity contribution in [2.45, 2.75) is 38.9 Å². The Bertz CT molecular complexity index is 423. The highest BCUT2D eigenvalue weighted by atomic mass is 79.9. The fourth-order valence-electron chi connectivity index (χ4n) is 1.42. The van der Waals surface area contributed by atoms with E-state index in [1.165, 1.54) is 11.3 Å². The summed E-state index contributed by atoms with van der Waals surface area (Å²) in [6.45, 7) is 8.09. The van der Waals surface area contributed by atoms with Gasteiger partial charge >= 0.3 is 0 Å². The summed E-state index contributed by atoms with van der Waals surface area (Å²) in [5.41, 5.74) is 1.01. The Morgan fingerprint density at radius 2 is 2.18 bits per heavy atom. The van der Waals surface area contributed by atoms with Gasteiger partial charge in [0, 0.05) is 0 Å². The highest BCUT2D eigenvalue weighted by molar-refractivity contribution is 9.10. The summed E-state index contributed by atoms with van der Waals surface area (Å²) < 4.78 is 0. The van der Waals surface area contributed by atoms with Gasteiger partial charge in [-0.1, -0.05) is 42.8 Å². The summed E-state index contributed by atoms with van der Waals surface area (Å²) in [6, 6.07) is 0. The molecular weight excluding hydrogens is 298 g/mol. The van der Waals surface area contributed by atoms with Crippen molar-refractivity contribution < 1.29 is 4.79 Å². The number of alkyl halides is 1. The molecule has 0 aliphatic rings. The van der Waals surface area contributed by atoms with Crippen LogP contribution in [0.2, 0.25) is 0 Å². The van der Waals surface area contributed by atoms with Gasteiger partial charge in [0.2, 0.25) is 5.78 Å². The van der Waals surface area contributed by atoms with E-state index in [9.17, 15) is 4.79 Å². The first-order chi connectivity index (χ1) is 8.01. The number of thiazole rings is 1. The van der Waals surface area contributed by atoms with Crippen LogP contribution < -0.4 is 0 Å². The van der Waals surface area contributed by atoms with Gasteiger partial charge in [0.05, 0.1) is 15.4 Å². The predicted octanol–water partition coefficient (Wildman–Crippen LogP) is 4.34. The summed E-state index contributed by atoms with van der Waals surface area (Å²) in [5, 5.41) is 0.616. The highest BCUT2D eigenvalue weighted by Gasteiger charge is 2.24. The summed E-state index contributed by atoms with van der Waals surface area (Å²) in [6.07, 6.45) is 4.86. The molecule has 94 valence electrons. The zero-order chi connectivity index (χ0) is 13.0. The van der Waals surface area contributed by atoms with Crippen molar-refractivity contribution in [3.8, 4) is 0 Å². The predicted molar refractivity (Wildman–Crippen MR) is 78.1 cm³/mol. The Balaban J connectivity index is 3.03. The number of ketones is 1. The van der Waals surface area contributed by atoms with Crippen LogP contribution in [0, 0.1) is 5.92 Å². The molecule has 0 aliphatic carbocycles. The molecule has 0 N–H and O–H groups in total. The van der Waals surface area contributed by atoms with Crippen LogP contribution in [0.15, 0.2) is 6.08 Å². The highest BCUT2D eigenvalue weighted by Crippen LogP contribution is 2.25. The first kappa shape index (κ1) is 14.6. The zero-order valence-corrected chi connectivity index (χ0v) is 13.1. The van der Waals surface area contributed by atoms with Gasteiger partial charge in [-0.3, -0.25) is 4.79 Å². The van der Waals surface area contributed by atoms with Crippen LogP contribution in [-0.4, -0.2) is 15.6 Å². The minimum absolute atomic E-state index is 0.0930. The summed E-state index contributed by atoms with van der Waals surface area (Å²) in [7, 11) is 0. The van der Waals surface area contributed by atoms with Gasteiger partial charge in [-0.2, -0.15) is 0 Å². The van der Waals surface area contributed by atoms with Crippen molar-refractivity contribution >= 4 is 39.1 Å². The van der Waals surface area contributed by atoms with Crippen LogP contribution in [0.25, 0.3) is 6.08 Å². The van der Waals surface area contributed by atoms with Crippen molar-refractivity contribution in [1.29, 1.82) is 0 Å². The minimum Gasteiger partial charge on any atom is -0.290 e. The number of halogens is 1. The molecule has 1 aromatic heterocycles. The Morgan fingerprint density at radius 1 is 1.53 bits per heavy atom. The number of aromatic nitrogens is 1. The molecule has 1 aromatic rings. The second-order valence-corrected chi connectivity index (χ2v) is 6.21. The van der Waals surface area contributed by atoms with Crippen molar-refractivity contribution in [3.05, 3.63) is 21.7 Å². The Morgan fingerprint density at radius 3 is 2.65 bits per heavy atom. The maximum absolute atomic E-state index is 12.1. The van der Waals surface area contributed by atoms with E-state index in [1.807, 2.05) is 32.9 Å². The van der Waals surface area contributed by atoms with Crippen LogP contribution >= 0.6 is 27.3 Å². The first-order valence-electron chi connectivity index (χ1n) is 5.81. The molecule has 0 saturated heterocycles. The maximum atomic E-state index is 12.1. The number of hydrogen-bond donors (Lipinski definition) is 0. The number of carbonyl (C=O) groups is 1. The molecule has 0 aromatic carbocycles. The second-order valence-electron chi connectivity index (χ2n) is 4.19. The molecule has 0 saturated carbocycles. The van der Waals surface area contributed by atoms with E-state index in [1.54, 1.807) is 0 Å². The van der Waals surface area contributed by atoms with E-state index in [0.29, 0.717) is 5.01 Å². The third-order valence-electron chi connectivity index (χ3n) is 2.43. The van der Waals surface area contributed by atoms with Gasteiger partial charge in [0.25, 0.3) is 0 Å². The van der Waals surface area contributed by atoms with Gasteiger partial charge in [-0.25, -0.2) is 4.98 Å². The smallest absolute Gasteiger partial charge is 0.205 e. The van der Waals surface area contributed by atoms with Crippen LogP contribution in [0.5, 0.6) is 0 Å². The Kier molecular flexibility index (Phi) is 5.53. The van der Waals surface area contributed by atoms with Crippen molar-refractivity contribution in [1.82, 2.24) is 4.98 Å². The molecule has 0 bridgehead atoms. The lowest BCUT2D eigenvalue weighted by Crippen LogP contribution is -2.19. The average molecular weight is 316 g/mol. The Hall–Kier alpha value is -0.480. The average Bonchev–Trinajstić information content (AvgIpc) is 2.70. The minimum atomic E-state index is -0.142. The van der Waals surface area contributed by atoms with Gasteiger partial charge in [0.15, 0.2) is 5.01 Å². The molecule has 0 radical (unpaired) electrons. The quantitative estimate of drug-likeness (QED) is 0.597. The number of allylic oxidation sites excluding steroid dienone is 1. The van der Waals surface area contributed by atoms with Gasteiger partial charge in [-0.05, 0) is 25.3 Å². The van der Waals surface area contributed by atoms with Crippen molar-refractivity contribution in [2.75, 3.05) is 0 Å². The first-order valence-corrected chi connectivity index (χ1v) is 7.55. The maximum Gasteiger partial charge on any atom is 0.205 e. The molecule has 1 atom stereocenters.